The third-order valence-electron chi connectivity index (χ3n) is 2.94. The number of carbonyl (C=O) groups excluding carboxylic acids is 1. The predicted molar refractivity (Wildman–Crippen MR) is 80.7 cm³/mol. The summed E-state index contributed by atoms with van der Waals surface area (Å²) in [5, 5.41) is 3.18. The predicted octanol–water partition coefficient (Wildman–Crippen LogP) is 0.215. The van der Waals surface area contributed by atoms with E-state index in [0.29, 0.717) is 33.0 Å². The maximum Gasteiger partial charge on any atom is 0.235 e. The number of primary amides is 1. The van der Waals surface area contributed by atoms with Crippen molar-refractivity contribution in [1.29, 1.82) is 0 Å². The van der Waals surface area contributed by atoms with E-state index in [-0.39, 0.29) is 11.9 Å². The lowest BCUT2D eigenvalue weighted by molar-refractivity contribution is -0.120. The minimum atomic E-state index is -0.321. The molecule has 1 unspecified atom stereocenters. The lowest BCUT2D eigenvalue weighted by atomic mass is 10.2. The van der Waals surface area contributed by atoms with Crippen molar-refractivity contribution in [2.45, 2.75) is 33.2 Å². The molecule has 0 aliphatic heterocycles. The van der Waals surface area contributed by atoms with Crippen LogP contribution in [0, 0.1) is 0 Å². The molecular weight excluding hydrogens is 258 g/mol. The Morgan fingerprint density at radius 2 is 1.70 bits per heavy atom. The summed E-state index contributed by atoms with van der Waals surface area (Å²) in [6, 6.07) is -0.321. The van der Waals surface area contributed by atoms with Crippen molar-refractivity contribution >= 4 is 5.91 Å². The standard InChI is InChI=1S/C14H31N3O3/c1-4-7-16-13(14(15)18)12-17(8-10-19-5-2)9-11-20-6-3/h13,16H,4-12H2,1-3H3,(H2,15,18). The molecule has 6 nitrogen and oxygen atoms in total. The molecule has 0 aromatic carbocycles. The molecule has 0 saturated carbocycles. The number of nitrogens with one attached hydrogen (secondary N) is 1. The van der Waals surface area contributed by atoms with Gasteiger partial charge in [0.25, 0.3) is 0 Å². The minimum Gasteiger partial charge on any atom is -0.380 e. The summed E-state index contributed by atoms with van der Waals surface area (Å²) in [5.74, 6) is -0.309. The van der Waals surface area contributed by atoms with Crippen molar-refractivity contribution in [3.8, 4) is 0 Å². The van der Waals surface area contributed by atoms with E-state index in [2.05, 4.69) is 17.1 Å². The van der Waals surface area contributed by atoms with Crippen molar-refractivity contribution in [3.05, 3.63) is 0 Å². The van der Waals surface area contributed by atoms with E-state index in [1.54, 1.807) is 0 Å². The zero-order valence-corrected chi connectivity index (χ0v) is 13.2. The zero-order chi connectivity index (χ0) is 15.2. The molecule has 0 aromatic rings. The average Bonchev–Trinajstić information content (AvgIpc) is 2.42. The van der Waals surface area contributed by atoms with Crippen LogP contribution in [0.15, 0.2) is 0 Å². The number of hydrogen-bond donors (Lipinski definition) is 2. The van der Waals surface area contributed by atoms with E-state index in [1.807, 2.05) is 13.8 Å². The molecule has 1 atom stereocenters. The molecule has 0 aliphatic rings. The lowest BCUT2D eigenvalue weighted by Gasteiger charge is -2.26. The highest BCUT2D eigenvalue weighted by atomic mass is 16.5. The molecule has 0 fully saturated rings. The Balaban J connectivity index is 4.27. The molecule has 120 valence electrons. The van der Waals surface area contributed by atoms with Crippen LogP contribution in [-0.2, 0) is 14.3 Å². The van der Waals surface area contributed by atoms with E-state index in [1.165, 1.54) is 0 Å². The first-order valence-corrected chi connectivity index (χ1v) is 7.56. The van der Waals surface area contributed by atoms with Gasteiger partial charge in [-0.3, -0.25) is 9.69 Å². The first kappa shape index (κ1) is 19.3. The van der Waals surface area contributed by atoms with Crippen LogP contribution in [0.1, 0.15) is 27.2 Å². The maximum atomic E-state index is 11.5. The van der Waals surface area contributed by atoms with Gasteiger partial charge in [0.2, 0.25) is 5.91 Å². The first-order chi connectivity index (χ1) is 9.65. The van der Waals surface area contributed by atoms with Crippen LogP contribution < -0.4 is 11.1 Å². The summed E-state index contributed by atoms with van der Waals surface area (Å²) in [7, 11) is 0. The van der Waals surface area contributed by atoms with Gasteiger partial charge in [-0.25, -0.2) is 0 Å². The fourth-order valence-corrected chi connectivity index (χ4v) is 1.80. The highest BCUT2D eigenvalue weighted by Gasteiger charge is 2.18. The molecule has 3 N–H and O–H groups in total. The third kappa shape index (κ3) is 10.1. The Morgan fingerprint density at radius 1 is 1.15 bits per heavy atom. The molecule has 0 radical (unpaired) electrons. The van der Waals surface area contributed by atoms with E-state index in [0.717, 1.165) is 26.1 Å². The highest BCUT2D eigenvalue weighted by Crippen LogP contribution is 1.95. The minimum absolute atomic E-state index is 0.309. The summed E-state index contributed by atoms with van der Waals surface area (Å²) in [4.78, 5) is 13.6. The number of nitrogens with two attached hydrogens (primary N) is 1. The molecular formula is C14H31N3O3. The average molecular weight is 289 g/mol. The molecule has 0 aliphatic carbocycles. The van der Waals surface area contributed by atoms with Crippen molar-refractivity contribution in [1.82, 2.24) is 10.2 Å². The molecule has 6 heteroatoms. The van der Waals surface area contributed by atoms with Crippen LogP contribution in [0.3, 0.4) is 0 Å². The fraction of sp³-hybridized carbons (Fsp3) is 0.929. The largest absolute Gasteiger partial charge is 0.380 e. The summed E-state index contributed by atoms with van der Waals surface area (Å²) in [5.41, 5.74) is 5.44. The van der Waals surface area contributed by atoms with Gasteiger partial charge < -0.3 is 20.5 Å². The molecule has 0 heterocycles. The fourth-order valence-electron chi connectivity index (χ4n) is 1.80. The van der Waals surface area contributed by atoms with Crippen molar-refractivity contribution < 1.29 is 14.3 Å². The van der Waals surface area contributed by atoms with Gasteiger partial charge in [0, 0.05) is 32.8 Å². The molecule has 0 spiro atoms. The van der Waals surface area contributed by atoms with Crippen molar-refractivity contribution in [2.75, 3.05) is 52.6 Å². The summed E-state index contributed by atoms with van der Waals surface area (Å²) >= 11 is 0. The topological polar surface area (TPSA) is 76.8 Å². The van der Waals surface area contributed by atoms with Gasteiger partial charge in [-0.05, 0) is 26.8 Å². The Bertz CT molecular complexity index is 230. The number of amides is 1. The highest BCUT2D eigenvalue weighted by molar-refractivity contribution is 5.80. The van der Waals surface area contributed by atoms with Gasteiger partial charge in [0.15, 0.2) is 0 Å². The number of carbonyl (C=O) groups is 1. The second-order valence-corrected chi connectivity index (χ2v) is 4.60. The first-order valence-electron chi connectivity index (χ1n) is 7.56. The van der Waals surface area contributed by atoms with Crippen LogP contribution in [0.4, 0.5) is 0 Å². The Kier molecular flexibility index (Phi) is 12.8. The lowest BCUT2D eigenvalue weighted by Crippen LogP contribution is -2.50. The number of hydrogen-bond acceptors (Lipinski definition) is 5. The normalized spacial score (nSPS) is 12.8. The molecule has 20 heavy (non-hydrogen) atoms. The van der Waals surface area contributed by atoms with Gasteiger partial charge >= 0.3 is 0 Å². The molecule has 0 saturated heterocycles. The maximum absolute atomic E-state index is 11.5. The van der Waals surface area contributed by atoms with Crippen LogP contribution in [0.5, 0.6) is 0 Å². The molecule has 0 bridgehead atoms. The summed E-state index contributed by atoms with van der Waals surface area (Å²) in [6.45, 7) is 11.7. The second kappa shape index (κ2) is 13.3. The Hall–Kier alpha value is -0.690. The van der Waals surface area contributed by atoms with Crippen LogP contribution >= 0.6 is 0 Å². The Labute approximate surface area is 123 Å². The van der Waals surface area contributed by atoms with E-state index in [9.17, 15) is 4.79 Å². The summed E-state index contributed by atoms with van der Waals surface area (Å²) < 4.78 is 10.7. The van der Waals surface area contributed by atoms with E-state index < -0.39 is 0 Å². The quantitative estimate of drug-likeness (QED) is 0.447. The second-order valence-electron chi connectivity index (χ2n) is 4.60. The van der Waals surface area contributed by atoms with Gasteiger partial charge in [-0.2, -0.15) is 0 Å². The van der Waals surface area contributed by atoms with Crippen LogP contribution in [0.25, 0.3) is 0 Å². The van der Waals surface area contributed by atoms with Gasteiger partial charge in [-0.15, -0.1) is 0 Å². The van der Waals surface area contributed by atoms with Gasteiger partial charge in [-0.1, -0.05) is 6.92 Å². The zero-order valence-electron chi connectivity index (χ0n) is 13.2. The SMILES string of the molecule is CCCNC(CN(CCOCC)CCOCC)C(N)=O. The monoisotopic (exact) mass is 289 g/mol. The Morgan fingerprint density at radius 3 is 2.10 bits per heavy atom. The molecule has 0 aromatic heterocycles. The van der Waals surface area contributed by atoms with E-state index >= 15 is 0 Å². The van der Waals surface area contributed by atoms with Crippen LogP contribution in [0.2, 0.25) is 0 Å². The number of ether oxygens (including phenoxy) is 2. The molecule has 1 amide bonds. The number of nitrogens with zero attached hydrogens (tertiary/aromatic N) is 1. The smallest absolute Gasteiger partial charge is 0.235 e. The molecule has 0 rings (SSSR count). The van der Waals surface area contributed by atoms with Crippen molar-refractivity contribution in [3.63, 3.8) is 0 Å². The summed E-state index contributed by atoms with van der Waals surface area (Å²) in [6.07, 6.45) is 0.974. The van der Waals surface area contributed by atoms with Gasteiger partial charge in [0.1, 0.15) is 0 Å². The third-order valence-corrected chi connectivity index (χ3v) is 2.94. The number of rotatable bonds is 14. The van der Waals surface area contributed by atoms with Gasteiger partial charge in [0.05, 0.1) is 19.3 Å². The van der Waals surface area contributed by atoms with Crippen molar-refractivity contribution in [2.24, 2.45) is 5.73 Å². The van der Waals surface area contributed by atoms with E-state index in [4.69, 9.17) is 15.2 Å². The van der Waals surface area contributed by atoms with Crippen LogP contribution in [-0.4, -0.2) is 69.5 Å².